The zero-order valence-corrected chi connectivity index (χ0v) is 13.3. The lowest BCUT2D eigenvalue weighted by atomic mass is 9.90. The molecule has 106 valence electrons. The normalized spacial score (nSPS) is 19.9. The molecule has 1 aliphatic carbocycles. The van der Waals surface area contributed by atoms with Crippen LogP contribution in [0.15, 0.2) is 0 Å². The topological polar surface area (TPSA) is 29.1 Å². The molecule has 3 heteroatoms. The maximum Gasteiger partial charge on any atom is 0.223 e. The Morgan fingerprint density at radius 3 is 2.39 bits per heavy atom. The van der Waals surface area contributed by atoms with Crippen LogP contribution in [0.2, 0.25) is 0 Å². The molecule has 1 rings (SSSR count). The van der Waals surface area contributed by atoms with Gasteiger partial charge in [0.05, 0.1) is 0 Å². The van der Waals surface area contributed by atoms with Crippen LogP contribution in [0.5, 0.6) is 0 Å². The van der Waals surface area contributed by atoms with Gasteiger partial charge in [-0.3, -0.25) is 4.79 Å². The van der Waals surface area contributed by atoms with Gasteiger partial charge < -0.3 is 5.32 Å². The molecular weight excluding hydrogens is 290 g/mol. The Morgan fingerprint density at radius 1 is 1.22 bits per heavy atom. The second-order valence-corrected chi connectivity index (χ2v) is 6.33. The first-order valence-corrected chi connectivity index (χ1v) is 8.73. The highest BCUT2D eigenvalue weighted by Crippen LogP contribution is 2.22. The molecule has 0 radical (unpaired) electrons. The molecule has 1 unspecified atom stereocenters. The highest BCUT2D eigenvalue weighted by molar-refractivity contribution is 9.09. The van der Waals surface area contributed by atoms with E-state index in [0.717, 1.165) is 37.6 Å². The Morgan fingerprint density at radius 2 is 1.83 bits per heavy atom. The van der Waals surface area contributed by atoms with Gasteiger partial charge in [0, 0.05) is 17.8 Å². The predicted octanol–water partition coefficient (Wildman–Crippen LogP) is 4.27. The van der Waals surface area contributed by atoms with Crippen LogP contribution in [0.25, 0.3) is 0 Å². The number of amides is 1. The molecule has 0 aromatic rings. The second-order valence-electron chi connectivity index (χ2n) is 5.54. The molecule has 18 heavy (non-hydrogen) atoms. The van der Waals surface area contributed by atoms with Crippen LogP contribution in [0.3, 0.4) is 0 Å². The highest BCUT2D eigenvalue weighted by atomic mass is 79.9. The Balaban J connectivity index is 2.28. The zero-order valence-electron chi connectivity index (χ0n) is 11.7. The third kappa shape index (κ3) is 6.21. The number of carbonyl (C=O) groups excluding carboxylic acids is 1. The van der Waals surface area contributed by atoms with Crippen molar-refractivity contribution in [1.82, 2.24) is 5.32 Å². The number of halogens is 1. The first-order chi connectivity index (χ1) is 8.77. The summed E-state index contributed by atoms with van der Waals surface area (Å²) in [5.74, 6) is 1.22. The summed E-state index contributed by atoms with van der Waals surface area (Å²) in [6, 6.07) is 0. The maximum atomic E-state index is 12.2. The van der Waals surface area contributed by atoms with Gasteiger partial charge in [0.25, 0.3) is 0 Å². The lowest BCUT2D eigenvalue weighted by Crippen LogP contribution is -2.34. The molecular formula is C15H28BrNO. The van der Waals surface area contributed by atoms with Crippen LogP contribution in [0.1, 0.15) is 64.7 Å². The molecule has 1 amide bonds. The smallest absolute Gasteiger partial charge is 0.223 e. The highest BCUT2D eigenvalue weighted by Gasteiger charge is 2.19. The summed E-state index contributed by atoms with van der Waals surface area (Å²) in [5, 5.41) is 4.21. The van der Waals surface area contributed by atoms with Crippen molar-refractivity contribution in [3.63, 3.8) is 0 Å². The number of carbonyl (C=O) groups is 1. The monoisotopic (exact) mass is 317 g/mol. The van der Waals surface area contributed by atoms with Crippen LogP contribution < -0.4 is 5.32 Å². The van der Waals surface area contributed by atoms with Crippen molar-refractivity contribution < 1.29 is 4.79 Å². The van der Waals surface area contributed by atoms with E-state index < -0.39 is 0 Å². The van der Waals surface area contributed by atoms with Crippen molar-refractivity contribution in [2.24, 2.45) is 11.8 Å². The van der Waals surface area contributed by atoms with Crippen molar-refractivity contribution in [3.05, 3.63) is 0 Å². The fraction of sp³-hybridized carbons (Fsp3) is 0.933. The van der Waals surface area contributed by atoms with Crippen molar-refractivity contribution in [2.75, 3.05) is 11.9 Å². The summed E-state index contributed by atoms with van der Waals surface area (Å²) in [6.45, 7) is 3.06. The van der Waals surface area contributed by atoms with Crippen LogP contribution in [-0.4, -0.2) is 17.8 Å². The maximum absolute atomic E-state index is 12.2. The van der Waals surface area contributed by atoms with Crippen LogP contribution in [-0.2, 0) is 4.79 Å². The van der Waals surface area contributed by atoms with Crippen LogP contribution in [0.4, 0.5) is 0 Å². The summed E-state index contributed by atoms with van der Waals surface area (Å²) in [4.78, 5) is 12.2. The van der Waals surface area contributed by atoms with Gasteiger partial charge in [-0.1, -0.05) is 61.4 Å². The minimum Gasteiger partial charge on any atom is -0.356 e. The Bertz CT molecular complexity index is 225. The molecule has 0 saturated heterocycles. The van der Waals surface area contributed by atoms with E-state index in [1.807, 2.05) is 0 Å². The van der Waals surface area contributed by atoms with Crippen LogP contribution >= 0.6 is 15.9 Å². The van der Waals surface area contributed by atoms with Gasteiger partial charge in [0.1, 0.15) is 0 Å². The second kappa shape index (κ2) is 9.82. The van der Waals surface area contributed by atoms with E-state index >= 15 is 0 Å². The lowest BCUT2D eigenvalue weighted by Gasteiger charge is -2.21. The molecule has 0 bridgehead atoms. The summed E-state index contributed by atoms with van der Waals surface area (Å²) in [7, 11) is 0. The first kappa shape index (κ1) is 16.0. The van der Waals surface area contributed by atoms with Crippen molar-refractivity contribution in [1.29, 1.82) is 0 Å². The summed E-state index contributed by atoms with van der Waals surface area (Å²) >= 11 is 3.48. The summed E-state index contributed by atoms with van der Waals surface area (Å²) in [6.07, 6.45) is 10.9. The number of nitrogens with one attached hydrogen (secondary N) is 1. The minimum atomic E-state index is 0.284. The quantitative estimate of drug-likeness (QED) is 0.728. The lowest BCUT2D eigenvalue weighted by molar-refractivity contribution is -0.125. The Kier molecular flexibility index (Phi) is 8.74. The average Bonchev–Trinajstić information content (AvgIpc) is 2.33. The van der Waals surface area contributed by atoms with E-state index in [1.54, 1.807) is 0 Å². The van der Waals surface area contributed by atoms with Gasteiger partial charge in [0.2, 0.25) is 5.91 Å². The van der Waals surface area contributed by atoms with E-state index in [2.05, 4.69) is 28.2 Å². The molecule has 1 atom stereocenters. The van der Waals surface area contributed by atoms with Gasteiger partial charge in [0.15, 0.2) is 0 Å². The number of alkyl halides is 1. The van der Waals surface area contributed by atoms with E-state index in [4.69, 9.17) is 0 Å². The molecule has 0 aliphatic heterocycles. The van der Waals surface area contributed by atoms with Crippen molar-refractivity contribution >= 4 is 21.8 Å². The van der Waals surface area contributed by atoms with Crippen molar-refractivity contribution in [3.8, 4) is 0 Å². The molecule has 0 heterocycles. The minimum absolute atomic E-state index is 0.284. The SMILES string of the molecule is CCC(CCBr)CNC(=O)C1CCCCCCC1. The Labute approximate surface area is 120 Å². The van der Waals surface area contributed by atoms with Crippen molar-refractivity contribution in [2.45, 2.75) is 64.7 Å². The standard InChI is InChI=1S/C15H28BrNO/c1-2-13(10-11-16)12-17-15(18)14-8-6-4-3-5-7-9-14/h13-14H,2-12H2,1H3,(H,17,18). The van der Waals surface area contributed by atoms with Gasteiger partial charge in [-0.15, -0.1) is 0 Å². The summed E-state index contributed by atoms with van der Waals surface area (Å²) in [5.41, 5.74) is 0. The predicted molar refractivity (Wildman–Crippen MR) is 81.0 cm³/mol. The number of hydrogen-bond acceptors (Lipinski definition) is 1. The van der Waals surface area contributed by atoms with E-state index in [-0.39, 0.29) is 5.92 Å². The number of hydrogen-bond donors (Lipinski definition) is 1. The molecule has 0 aromatic heterocycles. The Hall–Kier alpha value is -0.0500. The van der Waals surface area contributed by atoms with Crippen LogP contribution in [0, 0.1) is 11.8 Å². The molecule has 0 aromatic carbocycles. The van der Waals surface area contributed by atoms with Gasteiger partial charge in [-0.2, -0.15) is 0 Å². The molecule has 1 fully saturated rings. The molecule has 2 nitrogen and oxygen atoms in total. The fourth-order valence-corrected chi connectivity index (χ4v) is 3.36. The molecule has 1 N–H and O–H groups in total. The molecule has 0 spiro atoms. The molecule has 1 saturated carbocycles. The van der Waals surface area contributed by atoms with Gasteiger partial charge in [-0.25, -0.2) is 0 Å². The fourth-order valence-electron chi connectivity index (χ4n) is 2.71. The molecule has 1 aliphatic rings. The van der Waals surface area contributed by atoms with Gasteiger partial charge in [-0.05, 0) is 25.2 Å². The first-order valence-electron chi connectivity index (χ1n) is 7.61. The van der Waals surface area contributed by atoms with E-state index in [1.165, 1.54) is 32.1 Å². The average molecular weight is 318 g/mol. The number of rotatable bonds is 6. The third-order valence-electron chi connectivity index (χ3n) is 4.14. The van der Waals surface area contributed by atoms with E-state index in [9.17, 15) is 4.79 Å². The van der Waals surface area contributed by atoms with Gasteiger partial charge >= 0.3 is 0 Å². The largest absolute Gasteiger partial charge is 0.356 e. The third-order valence-corrected chi connectivity index (χ3v) is 4.59. The summed E-state index contributed by atoms with van der Waals surface area (Å²) < 4.78 is 0. The van der Waals surface area contributed by atoms with E-state index in [0.29, 0.717) is 11.8 Å². The zero-order chi connectivity index (χ0) is 13.2.